The molecule has 0 saturated carbocycles. The van der Waals surface area contributed by atoms with Crippen LogP contribution in [0.2, 0.25) is 0 Å². The zero-order valence-corrected chi connectivity index (χ0v) is 8.81. The zero-order valence-electron chi connectivity index (χ0n) is 8.81. The maximum atomic E-state index is 10.5. The Kier molecular flexibility index (Phi) is 4.27. The van der Waals surface area contributed by atoms with E-state index < -0.39 is 5.97 Å². The van der Waals surface area contributed by atoms with Crippen molar-refractivity contribution >= 4 is 5.97 Å². The number of rotatable bonds is 5. The van der Waals surface area contributed by atoms with Crippen LogP contribution in [0.3, 0.4) is 0 Å². The van der Waals surface area contributed by atoms with Crippen molar-refractivity contribution < 1.29 is 9.90 Å². The van der Waals surface area contributed by atoms with Gasteiger partial charge in [-0.15, -0.1) is 0 Å². The number of carboxylic acids is 1. The lowest BCUT2D eigenvalue weighted by atomic mass is 10.1. The van der Waals surface area contributed by atoms with Gasteiger partial charge in [-0.25, -0.2) is 0 Å². The minimum Gasteiger partial charge on any atom is -0.480 e. The lowest BCUT2D eigenvalue weighted by Crippen LogP contribution is -2.25. The molecule has 1 rings (SSSR count). The number of hydrogen-bond donors (Lipinski definition) is 2. The number of nitrogens with two attached hydrogens (primary N) is 1. The molecule has 0 amide bonds. The molecule has 0 heterocycles. The molecule has 0 fully saturated rings. The lowest BCUT2D eigenvalue weighted by Gasteiger charge is -2.16. The van der Waals surface area contributed by atoms with Gasteiger partial charge in [0, 0.05) is 13.1 Å². The second-order valence-corrected chi connectivity index (χ2v) is 3.54. The van der Waals surface area contributed by atoms with Gasteiger partial charge in [-0.2, -0.15) is 0 Å². The van der Waals surface area contributed by atoms with E-state index in [-0.39, 0.29) is 6.54 Å². The SMILES string of the molecule is CN(CC(=O)O)Cc1ccccc1CN. The van der Waals surface area contributed by atoms with Crippen LogP contribution in [0, 0.1) is 0 Å². The van der Waals surface area contributed by atoms with Crippen LogP contribution < -0.4 is 5.73 Å². The molecule has 0 aromatic heterocycles. The molecular formula is C11H16N2O2. The number of likely N-dealkylation sites (N-methyl/N-ethyl adjacent to an activating group) is 1. The number of carboxylic acid groups (broad SMARTS) is 1. The molecule has 4 heteroatoms. The lowest BCUT2D eigenvalue weighted by molar-refractivity contribution is -0.138. The Morgan fingerprint density at radius 2 is 2.00 bits per heavy atom. The molecule has 0 aliphatic carbocycles. The molecule has 1 aromatic rings. The number of benzene rings is 1. The fourth-order valence-electron chi connectivity index (χ4n) is 1.49. The minimum absolute atomic E-state index is 0.0406. The predicted molar refractivity (Wildman–Crippen MR) is 58.3 cm³/mol. The summed E-state index contributed by atoms with van der Waals surface area (Å²) in [5, 5.41) is 8.62. The molecule has 0 atom stereocenters. The molecular weight excluding hydrogens is 192 g/mol. The summed E-state index contributed by atoms with van der Waals surface area (Å²) >= 11 is 0. The third-order valence-corrected chi connectivity index (χ3v) is 2.18. The van der Waals surface area contributed by atoms with Gasteiger partial charge in [0.1, 0.15) is 0 Å². The number of nitrogens with zero attached hydrogens (tertiary/aromatic N) is 1. The highest BCUT2D eigenvalue weighted by atomic mass is 16.4. The average Bonchev–Trinajstić information content (AvgIpc) is 2.17. The van der Waals surface area contributed by atoms with Crippen LogP contribution in [0.5, 0.6) is 0 Å². The summed E-state index contributed by atoms with van der Waals surface area (Å²) in [5.74, 6) is -0.817. The predicted octanol–water partition coefficient (Wildman–Crippen LogP) is 0.662. The van der Waals surface area contributed by atoms with E-state index >= 15 is 0 Å². The highest BCUT2D eigenvalue weighted by molar-refractivity contribution is 5.69. The van der Waals surface area contributed by atoms with Crippen LogP contribution in [0.25, 0.3) is 0 Å². The van der Waals surface area contributed by atoms with E-state index in [1.807, 2.05) is 24.3 Å². The maximum Gasteiger partial charge on any atom is 0.317 e. The molecule has 0 spiro atoms. The highest BCUT2D eigenvalue weighted by Crippen LogP contribution is 2.09. The van der Waals surface area contributed by atoms with Crippen LogP contribution in [-0.4, -0.2) is 29.6 Å². The second-order valence-electron chi connectivity index (χ2n) is 3.54. The fraction of sp³-hybridized carbons (Fsp3) is 0.364. The fourth-order valence-corrected chi connectivity index (χ4v) is 1.49. The summed E-state index contributed by atoms with van der Waals surface area (Å²) < 4.78 is 0. The smallest absolute Gasteiger partial charge is 0.317 e. The van der Waals surface area contributed by atoms with Gasteiger partial charge in [0.05, 0.1) is 6.54 Å². The van der Waals surface area contributed by atoms with Crippen LogP contribution in [0.1, 0.15) is 11.1 Å². The average molecular weight is 208 g/mol. The third-order valence-electron chi connectivity index (χ3n) is 2.18. The molecule has 0 aliphatic rings. The monoisotopic (exact) mass is 208 g/mol. The van der Waals surface area contributed by atoms with Crippen molar-refractivity contribution in [3.8, 4) is 0 Å². The van der Waals surface area contributed by atoms with Crippen molar-refractivity contribution in [2.75, 3.05) is 13.6 Å². The first-order valence-corrected chi connectivity index (χ1v) is 4.80. The molecule has 4 nitrogen and oxygen atoms in total. The van der Waals surface area contributed by atoms with E-state index in [1.165, 1.54) is 0 Å². The summed E-state index contributed by atoms with van der Waals surface area (Å²) in [6, 6.07) is 7.80. The van der Waals surface area contributed by atoms with Gasteiger partial charge < -0.3 is 10.8 Å². The molecule has 0 bridgehead atoms. The van der Waals surface area contributed by atoms with Gasteiger partial charge in [-0.05, 0) is 18.2 Å². The topological polar surface area (TPSA) is 66.6 Å². The van der Waals surface area contributed by atoms with Crippen molar-refractivity contribution in [2.24, 2.45) is 5.73 Å². The molecule has 0 unspecified atom stereocenters. The largest absolute Gasteiger partial charge is 0.480 e. The molecule has 0 saturated heterocycles. The van der Waals surface area contributed by atoms with E-state index in [0.29, 0.717) is 13.1 Å². The van der Waals surface area contributed by atoms with Crippen LogP contribution in [-0.2, 0) is 17.9 Å². The Morgan fingerprint density at radius 3 is 2.53 bits per heavy atom. The van der Waals surface area contributed by atoms with Crippen molar-refractivity contribution in [1.82, 2.24) is 4.90 Å². The summed E-state index contributed by atoms with van der Waals surface area (Å²) in [7, 11) is 1.78. The third kappa shape index (κ3) is 3.69. The van der Waals surface area contributed by atoms with Gasteiger partial charge in [0.2, 0.25) is 0 Å². The maximum absolute atomic E-state index is 10.5. The van der Waals surface area contributed by atoms with Crippen molar-refractivity contribution in [3.05, 3.63) is 35.4 Å². The van der Waals surface area contributed by atoms with Crippen LogP contribution >= 0.6 is 0 Å². The first-order chi connectivity index (χ1) is 7.13. The normalized spacial score (nSPS) is 10.6. The van der Waals surface area contributed by atoms with E-state index in [9.17, 15) is 4.79 Å². The van der Waals surface area contributed by atoms with Gasteiger partial charge in [-0.1, -0.05) is 24.3 Å². The summed E-state index contributed by atoms with van der Waals surface area (Å²) in [6.45, 7) is 1.13. The van der Waals surface area contributed by atoms with Gasteiger partial charge in [-0.3, -0.25) is 9.69 Å². The van der Waals surface area contributed by atoms with E-state index in [0.717, 1.165) is 11.1 Å². The Balaban J connectivity index is 2.67. The van der Waals surface area contributed by atoms with Crippen LogP contribution in [0.15, 0.2) is 24.3 Å². The first-order valence-electron chi connectivity index (χ1n) is 4.80. The molecule has 0 radical (unpaired) electrons. The van der Waals surface area contributed by atoms with Gasteiger partial charge in [0.15, 0.2) is 0 Å². The Hall–Kier alpha value is -1.39. The van der Waals surface area contributed by atoms with Gasteiger partial charge >= 0.3 is 5.97 Å². The Morgan fingerprint density at radius 1 is 1.40 bits per heavy atom. The summed E-state index contributed by atoms with van der Waals surface area (Å²) in [6.07, 6.45) is 0. The minimum atomic E-state index is -0.817. The highest BCUT2D eigenvalue weighted by Gasteiger charge is 2.07. The zero-order chi connectivity index (χ0) is 11.3. The number of aliphatic carboxylic acids is 1. The van der Waals surface area contributed by atoms with E-state index in [4.69, 9.17) is 10.8 Å². The second kappa shape index (κ2) is 5.48. The van der Waals surface area contributed by atoms with Gasteiger partial charge in [0.25, 0.3) is 0 Å². The number of carbonyl (C=O) groups is 1. The molecule has 3 N–H and O–H groups in total. The Bertz CT molecular complexity index is 339. The molecule has 1 aromatic carbocycles. The molecule has 15 heavy (non-hydrogen) atoms. The van der Waals surface area contributed by atoms with Crippen molar-refractivity contribution in [3.63, 3.8) is 0 Å². The molecule has 0 aliphatic heterocycles. The van der Waals surface area contributed by atoms with Crippen molar-refractivity contribution in [1.29, 1.82) is 0 Å². The molecule has 82 valence electrons. The summed E-state index contributed by atoms with van der Waals surface area (Å²) in [5.41, 5.74) is 7.74. The quantitative estimate of drug-likeness (QED) is 0.746. The van der Waals surface area contributed by atoms with Crippen LogP contribution in [0.4, 0.5) is 0 Å². The summed E-state index contributed by atoms with van der Waals surface area (Å²) in [4.78, 5) is 12.2. The van der Waals surface area contributed by atoms with E-state index in [1.54, 1.807) is 11.9 Å². The van der Waals surface area contributed by atoms with Crippen molar-refractivity contribution in [2.45, 2.75) is 13.1 Å². The Labute approximate surface area is 89.3 Å². The van der Waals surface area contributed by atoms with E-state index in [2.05, 4.69) is 0 Å². The standard InChI is InChI=1S/C11H16N2O2/c1-13(8-11(14)15)7-10-5-3-2-4-9(10)6-12/h2-5H,6-8,12H2,1H3,(H,14,15). The first kappa shape index (κ1) is 11.7. The number of hydrogen-bond acceptors (Lipinski definition) is 3.